The van der Waals surface area contributed by atoms with Crippen LogP contribution in [0.2, 0.25) is 0 Å². The fourth-order valence-electron chi connectivity index (χ4n) is 2.52. The third-order valence-corrected chi connectivity index (χ3v) is 4.75. The molecule has 1 aromatic carbocycles. The zero-order chi connectivity index (χ0) is 19.1. The molecule has 140 valence electrons. The number of anilines is 2. The fourth-order valence-corrected chi connectivity index (χ4v) is 3.32. The molecule has 3 N–H and O–H groups in total. The topological polar surface area (TPSA) is 116 Å². The van der Waals surface area contributed by atoms with Gasteiger partial charge in [0.1, 0.15) is 10.8 Å². The van der Waals surface area contributed by atoms with Crippen LogP contribution in [0.25, 0.3) is 0 Å². The predicted molar refractivity (Wildman–Crippen MR) is 105 cm³/mol. The molecule has 0 aliphatic heterocycles. The number of amides is 1. The Bertz CT molecular complexity index is 954. The van der Waals surface area contributed by atoms with Gasteiger partial charge in [0.15, 0.2) is 0 Å². The van der Waals surface area contributed by atoms with Gasteiger partial charge in [-0.1, -0.05) is 41.7 Å². The second kappa shape index (κ2) is 9.04. The quantitative estimate of drug-likeness (QED) is 0.573. The molecule has 0 aliphatic rings. The molecule has 0 spiro atoms. The lowest BCUT2D eigenvalue weighted by Gasteiger charge is -2.03. The number of nitrogens with two attached hydrogens (primary N) is 1. The standard InChI is InChI=1S/C18H20N6O2S/c19-14-9-11-24(18(26)20-14)10-5-4-8-16-22-23-17(27-16)21-15(25)12-13-6-2-1-3-7-13/h1-3,6-7,9,11H,4-5,8,10,12H2,(H2,19,20,26)(H,21,23,25). The Morgan fingerprint density at radius 1 is 1.15 bits per heavy atom. The van der Waals surface area contributed by atoms with Crippen LogP contribution in [0.1, 0.15) is 23.4 Å². The van der Waals surface area contributed by atoms with Crippen LogP contribution in [0.3, 0.4) is 0 Å². The molecule has 0 aliphatic carbocycles. The van der Waals surface area contributed by atoms with E-state index in [2.05, 4.69) is 20.5 Å². The fraction of sp³-hybridized carbons (Fsp3) is 0.278. The maximum Gasteiger partial charge on any atom is 0.349 e. The van der Waals surface area contributed by atoms with Crippen LogP contribution in [-0.2, 0) is 24.2 Å². The summed E-state index contributed by atoms with van der Waals surface area (Å²) in [5.41, 5.74) is 6.08. The maximum absolute atomic E-state index is 12.0. The Morgan fingerprint density at radius 2 is 1.96 bits per heavy atom. The Kier molecular flexibility index (Phi) is 6.26. The van der Waals surface area contributed by atoms with Crippen molar-refractivity contribution in [2.45, 2.75) is 32.2 Å². The lowest BCUT2D eigenvalue weighted by molar-refractivity contribution is -0.115. The van der Waals surface area contributed by atoms with Crippen molar-refractivity contribution in [3.05, 3.63) is 63.7 Å². The van der Waals surface area contributed by atoms with Crippen molar-refractivity contribution >= 4 is 28.2 Å². The zero-order valence-electron chi connectivity index (χ0n) is 14.7. The smallest absolute Gasteiger partial charge is 0.349 e. The van der Waals surface area contributed by atoms with Crippen molar-refractivity contribution in [2.75, 3.05) is 11.1 Å². The van der Waals surface area contributed by atoms with E-state index >= 15 is 0 Å². The third-order valence-electron chi connectivity index (χ3n) is 3.86. The number of hydrogen-bond donors (Lipinski definition) is 2. The van der Waals surface area contributed by atoms with Gasteiger partial charge in [-0.15, -0.1) is 10.2 Å². The minimum Gasteiger partial charge on any atom is -0.383 e. The zero-order valence-corrected chi connectivity index (χ0v) is 15.5. The number of carbonyl (C=O) groups excluding carboxylic acids is 1. The summed E-state index contributed by atoms with van der Waals surface area (Å²) >= 11 is 1.37. The molecule has 0 unspecified atom stereocenters. The highest BCUT2D eigenvalue weighted by atomic mass is 32.1. The van der Waals surface area contributed by atoms with E-state index in [1.807, 2.05) is 30.3 Å². The first-order chi connectivity index (χ1) is 13.1. The molecule has 2 aromatic heterocycles. The first-order valence-corrected chi connectivity index (χ1v) is 9.41. The number of aromatic nitrogens is 4. The lowest BCUT2D eigenvalue weighted by Crippen LogP contribution is -2.23. The predicted octanol–water partition coefficient (Wildman–Crippen LogP) is 1.88. The number of aryl methyl sites for hydroxylation is 2. The number of hydrogen-bond acceptors (Lipinski definition) is 7. The van der Waals surface area contributed by atoms with Gasteiger partial charge in [-0.05, 0) is 24.5 Å². The molecule has 27 heavy (non-hydrogen) atoms. The van der Waals surface area contributed by atoms with Gasteiger partial charge < -0.3 is 11.1 Å². The monoisotopic (exact) mass is 384 g/mol. The van der Waals surface area contributed by atoms with Crippen LogP contribution in [0.4, 0.5) is 10.9 Å². The molecular formula is C18H20N6O2S. The van der Waals surface area contributed by atoms with Gasteiger partial charge in [-0.25, -0.2) is 4.79 Å². The number of rotatable bonds is 8. The Balaban J connectivity index is 1.42. The molecule has 0 fully saturated rings. The Hall–Kier alpha value is -3.07. The van der Waals surface area contributed by atoms with Gasteiger partial charge in [0.05, 0.1) is 6.42 Å². The van der Waals surface area contributed by atoms with E-state index in [1.54, 1.807) is 12.3 Å². The Labute approximate surface area is 160 Å². The van der Waals surface area contributed by atoms with Crippen molar-refractivity contribution in [1.82, 2.24) is 19.7 Å². The second-order valence-electron chi connectivity index (χ2n) is 6.00. The minimum absolute atomic E-state index is 0.112. The number of benzene rings is 1. The van der Waals surface area contributed by atoms with Crippen LogP contribution in [0, 0.1) is 0 Å². The maximum atomic E-state index is 12.0. The van der Waals surface area contributed by atoms with E-state index < -0.39 is 0 Å². The second-order valence-corrected chi connectivity index (χ2v) is 7.06. The Morgan fingerprint density at radius 3 is 2.74 bits per heavy atom. The van der Waals surface area contributed by atoms with Crippen LogP contribution in [-0.4, -0.2) is 25.7 Å². The van der Waals surface area contributed by atoms with Gasteiger partial charge in [-0.3, -0.25) is 9.36 Å². The highest BCUT2D eigenvalue weighted by molar-refractivity contribution is 7.15. The van der Waals surface area contributed by atoms with E-state index in [4.69, 9.17) is 5.73 Å². The van der Waals surface area contributed by atoms with E-state index in [1.165, 1.54) is 15.9 Å². The molecular weight excluding hydrogens is 364 g/mol. The number of unbranched alkanes of at least 4 members (excludes halogenated alkanes) is 1. The minimum atomic E-state index is -0.339. The first kappa shape index (κ1) is 18.7. The average Bonchev–Trinajstić information content (AvgIpc) is 3.08. The van der Waals surface area contributed by atoms with Crippen LogP contribution in [0.15, 0.2) is 47.4 Å². The molecule has 3 aromatic rings. The highest BCUT2D eigenvalue weighted by Gasteiger charge is 2.09. The molecule has 0 saturated carbocycles. The van der Waals surface area contributed by atoms with Crippen LogP contribution < -0.4 is 16.7 Å². The summed E-state index contributed by atoms with van der Waals surface area (Å²) in [5, 5.41) is 12.3. The molecule has 0 radical (unpaired) electrons. The molecule has 3 rings (SSSR count). The van der Waals surface area contributed by atoms with Crippen molar-refractivity contribution < 1.29 is 4.79 Å². The molecule has 9 heteroatoms. The molecule has 0 saturated heterocycles. The summed E-state index contributed by atoms with van der Waals surface area (Å²) < 4.78 is 1.53. The number of nitrogen functional groups attached to an aromatic ring is 1. The normalized spacial score (nSPS) is 10.7. The summed E-state index contributed by atoms with van der Waals surface area (Å²) in [6, 6.07) is 11.1. The van der Waals surface area contributed by atoms with E-state index in [-0.39, 0.29) is 17.4 Å². The van der Waals surface area contributed by atoms with Gasteiger partial charge in [0.25, 0.3) is 0 Å². The van der Waals surface area contributed by atoms with Crippen LogP contribution in [0.5, 0.6) is 0 Å². The van der Waals surface area contributed by atoms with Gasteiger partial charge in [0, 0.05) is 19.2 Å². The molecule has 2 heterocycles. The van der Waals surface area contributed by atoms with Crippen molar-refractivity contribution in [1.29, 1.82) is 0 Å². The van der Waals surface area contributed by atoms with Crippen molar-refractivity contribution in [3.8, 4) is 0 Å². The summed E-state index contributed by atoms with van der Waals surface area (Å²) in [4.78, 5) is 27.4. The number of nitrogens with one attached hydrogen (secondary N) is 1. The van der Waals surface area contributed by atoms with Gasteiger partial charge in [0.2, 0.25) is 11.0 Å². The summed E-state index contributed by atoms with van der Waals surface area (Å²) in [6.45, 7) is 0.575. The van der Waals surface area contributed by atoms with Crippen molar-refractivity contribution in [3.63, 3.8) is 0 Å². The van der Waals surface area contributed by atoms with Gasteiger partial charge in [-0.2, -0.15) is 4.98 Å². The largest absolute Gasteiger partial charge is 0.383 e. The average molecular weight is 384 g/mol. The van der Waals surface area contributed by atoms with Gasteiger partial charge >= 0.3 is 5.69 Å². The lowest BCUT2D eigenvalue weighted by atomic mass is 10.1. The first-order valence-electron chi connectivity index (χ1n) is 8.59. The summed E-state index contributed by atoms with van der Waals surface area (Å²) in [7, 11) is 0. The third kappa shape index (κ3) is 5.71. The van der Waals surface area contributed by atoms with E-state index in [0.29, 0.717) is 18.1 Å². The van der Waals surface area contributed by atoms with E-state index in [9.17, 15) is 9.59 Å². The van der Waals surface area contributed by atoms with Crippen LogP contribution >= 0.6 is 11.3 Å². The van der Waals surface area contributed by atoms with E-state index in [0.717, 1.165) is 29.8 Å². The number of nitrogens with zero attached hydrogens (tertiary/aromatic N) is 4. The molecule has 0 atom stereocenters. The highest BCUT2D eigenvalue weighted by Crippen LogP contribution is 2.17. The summed E-state index contributed by atoms with van der Waals surface area (Å²) in [6.07, 6.45) is 4.35. The van der Waals surface area contributed by atoms with Crippen molar-refractivity contribution in [2.24, 2.45) is 0 Å². The SMILES string of the molecule is Nc1ccn(CCCCc2nnc(NC(=O)Cc3ccccc3)s2)c(=O)n1. The summed E-state index contributed by atoms with van der Waals surface area (Å²) in [5.74, 6) is 0.117. The molecule has 1 amide bonds. The number of carbonyl (C=O) groups is 1. The molecule has 0 bridgehead atoms. The molecule has 8 nitrogen and oxygen atoms in total.